The Bertz CT molecular complexity index is 1180. The van der Waals surface area contributed by atoms with Crippen molar-refractivity contribution in [2.24, 2.45) is 11.7 Å². The van der Waals surface area contributed by atoms with E-state index in [1.807, 2.05) is 6.07 Å². The second-order valence-electron chi connectivity index (χ2n) is 9.68. The zero-order valence-corrected chi connectivity index (χ0v) is 21.4. The normalized spacial score (nSPS) is 20.8. The molecule has 202 valence electrons. The maximum atomic E-state index is 13.4. The molecule has 0 radical (unpaired) electrons. The average molecular weight is 524 g/mol. The van der Waals surface area contributed by atoms with E-state index in [0.717, 1.165) is 19.3 Å². The highest BCUT2D eigenvalue weighted by Gasteiger charge is 2.38. The lowest BCUT2D eigenvalue weighted by Gasteiger charge is -2.43. The van der Waals surface area contributed by atoms with Crippen molar-refractivity contribution in [1.29, 1.82) is 0 Å². The van der Waals surface area contributed by atoms with Gasteiger partial charge in [-0.15, -0.1) is 0 Å². The molecule has 4 rings (SSSR count). The molecular weight excluding hydrogens is 490 g/mol. The number of methoxy groups -OCH3 is 1. The fraction of sp³-hybridized carbons (Fsp3) is 0.444. The summed E-state index contributed by atoms with van der Waals surface area (Å²) in [5.41, 5.74) is 6.24. The highest BCUT2D eigenvalue weighted by Crippen LogP contribution is 2.31. The van der Waals surface area contributed by atoms with Crippen LogP contribution in [-0.4, -0.2) is 71.8 Å². The lowest BCUT2D eigenvalue weighted by atomic mass is 9.82. The first-order valence-electron chi connectivity index (χ1n) is 12.8. The molecule has 3 N–H and O–H groups in total. The van der Waals surface area contributed by atoms with Crippen LogP contribution < -0.4 is 15.8 Å². The number of primary amides is 1. The Morgan fingerprint density at radius 2 is 1.74 bits per heavy atom. The van der Waals surface area contributed by atoms with Gasteiger partial charge in [-0.25, -0.2) is 0 Å². The van der Waals surface area contributed by atoms with Crippen molar-refractivity contribution < 1.29 is 24.0 Å². The number of nitro groups is 1. The summed E-state index contributed by atoms with van der Waals surface area (Å²) in [7, 11) is 1.34. The van der Waals surface area contributed by atoms with Crippen molar-refractivity contribution in [2.45, 2.75) is 37.8 Å². The largest absolute Gasteiger partial charge is 0.490 e. The molecule has 3 atom stereocenters. The molecule has 1 aliphatic carbocycles. The van der Waals surface area contributed by atoms with Gasteiger partial charge in [0.2, 0.25) is 11.8 Å². The molecule has 1 saturated heterocycles. The van der Waals surface area contributed by atoms with Gasteiger partial charge in [-0.2, -0.15) is 0 Å². The summed E-state index contributed by atoms with van der Waals surface area (Å²) in [6.07, 6.45) is 3.49. The Labute approximate surface area is 221 Å². The zero-order chi connectivity index (χ0) is 27.2. The molecule has 0 spiro atoms. The summed E-state index contributed by atoms with van der Waals surface area (Å²) in [6.45, 7) is 2.04. The number of carbonyl (C=O) groups is 3. The summed E-state index contributed by atoms with van der Waals surface area (Å²) in [5.74, 6) is -1.26. The standard InChI is InChI=1S/C27H33N5O6/c1-38-23-12-11-19(17-22(23)32(36)37)27(35)31-15-13-30(14-16-31)21-10-6-5-9-20(21)26(34)29-24(25(28)33)18-7-3-2-4-8-18/h2-4,7-8,11-12,17,20-21,24H,5-6,9-10,13-16H2,1H3,(H2,28,33)(H,29,34)/t20-,21-,24+/m1/s1. The number of nitrogens with one attached hydrogen (secondary N) is 1. The molecule has 0 aromatic heterocycles. The van der Waals surface area contributed by atoms with Gasteiger partial charge in [-0.3, -0.25) is 29.4 Å². The number of benzene rings is 2. The number of rotatable bonds is 8. The molecule has 3 amide bonds. The summed E-state index contributed by atoms with van der Waals surface area (Å²) in [6, 6.07) is 12.3. The van der Waals surface area contributed by atoms with Crippen LogP contribution in [0.25, 0.3) is 0 Å². The maximum absolute atomic E-state index is 13.4. The van der Waals surface area contributed by atoms with Crippen LogP contribution in [0.4, 0.5) is 5.69 Å². The monoisotopic (exact) mass is 523 g/mol. The van der Waals surface area contributed by atoms with Gasteiger partial charge in [0, 0.05) is 43.9 Å². The van der Waals surface area contributed by atoms with Crippen LogP contribution >= 0.6 is 0 Å². The predicted molar refractivity (Wildman–Crippen MR) is 139 cm³/mol. The van der Waals surface area contributed by atoms with Gasteiger partial charge >= 0.3 is 5.69 Å². The number of hydrogen-bond acceptors (Lipinski definition) is 7. The van der Waals surface area contributed by atoms with E-state index in [4.69, 9.17) is 10.5 Å². The van der Waals surface area contributed by atoms with Crippen LogP contribution in [0.3, 0.4) is 0 Å². The first-order chi connectivity index (χ1) is 18.3. The van der Waals surface area contributed by atoms with Gasteiger partial charge in [0.1, 0.15) is 6.04 Å². The number of nitrogens with zero attached hydrogens (tertiary/aromatic N) is 3. The SMILES string of the molecule is COc1ccc(C(=O)N2CCN([C@@H]3CCCC[C@H]3C(=O)N[C@H](C(N)=O)c3ccccc3)CC2)cc1[N+](=O)[O-]. The molecule has 11 nitrogen and oxygen atoms in total. The number of carbonyl (C=O) groups excluding carboxylic acids is 3. The minimum absolute atomic E-state index is 0.00706. The van der Waals surface area contributed by atoms with Gasteiger partial charge in [0.15, 0.2) is 5.75 Å². The Morgan fingerprint density at radius 1 is 1.05 bits per heavy atom. The lowest BCUT2D eigenvalue weighted by Crippen LogP contribution is -2.56. The van der Waals surface area contributed by atoms with Crippen LogP contribution in [0.1, 0.15) is 47.6 Å². The molecule has 2 aromatic rings. The number of amides is 3. The first kappa shape index (κ1) is 27.1. The van der Waals surface area contributed by atoms with E-state index in [9.17, 15) is 24.5 Å². The van der Waals surface area contributed by atoms with Crippen molar-refractivity contribution in [3.63, 3.8) is 0 Å². The van der Waals surface area contributed by atoms with Gasteiger partial charge < -0.3 is 20.7 Å². The molecule has 2 aromatic carbocycles. The topological polar surface area (TPSA) is 148 Å². The van der Waals surface area contributed by atoms with E-state index in [0.29, 0.717) is 38.2 Å². The van der Waals surface area contributed by atoms with Crippen molar-refractivity contribution in [3.05, 3.63) is 69.8 Å². The summed E-state index contributed by atoms with van der Waals surface area (Å²) in [4.78, 5) is 53.3. The Balaban J connectivity index is 1.41. The molecule has 0 unspecified atom stereocenters. The third kappa shape index (κ3) is 5.94. The number of piperazine rings is 1. The van der Waals surface area contributed by atoms with E-state index in [1.54, 1.807) is 29.2 Å². The van der Waals surface area contributed by atoms with Crippen molar-refractivity contribution in [1.82, 2.24) is 15.1 Å². The summed E-state index contributed by atoms with van der Waals surface area (Å²) in [5, 5.41) is 14.2. The highest BCUT2D eigenvalue weighted by atomic mass is 16.6. The molecule has 1 aliphatic heterocycles. The predicted octanol–water partition coefficient (Wildman–Crippen LogP) is 2.26. The van der Waals surface area contributed by atoms with Crippen LogP contribution in [0.5, 0.6) is 5.75 Å². The van der Waals surface area contributed by atoms with E-state index < -0.39 is 16.9 Å². The Kier molecular flexibility index (Phi) is 8.57. The molecule has 2 fully saturated rings. The average Bonchev–Trinajstić information content (AvgIpc) is 2.95. The Hall–Kier alpha value is -3.99. The van der Waals surface area contributed by atoms with E-state index in [1.165, 1.54) is 25.3 Å². The molecule has 0 bridgehead atoms. The number of nitro benzene ring substituents is 1. The third-order valence-corrected chi connectivity index (χ3v) is 7.46. The van der Waals surface area contributed by atoms with E-state index >= 15 is 0 Å². The lowest BCUT2D eigenvalue weighted by molar-refractivity contribution is -0.385. The maximum Gasteiger partial charge on any atom is 0.311 e. The molecule has 11 heteroatoms. The van der Waals surface area contributed by atoms with Crippen molar-refractivity contribution in [2.75, 3.05) is 33.3 Å². The van der Waals surface area contributed by atoms with Crippen molar-refractivity contribution in [3.8, 4) is 5.75 Å². The second-order valence-corrected chi connectivity index (χ2v) is 9.68. The number of nitrogens with two attached hydrogens (primary N) is 1. The third-order valence-electron chi connectivity index (χ3n) is 7.46. The molecule has 38 heavy (non-hydrogen) atoms. The minimum atomic E-state index is -0.894. The van der Waals surface area contributed by atoms with Crippen LogP contribution in [0, 0.1) is 16.0 Å². The summed E-state index contributed by atoms with van der Waals surface area (Å²) >= 11 is 0. The molecular formula is C27H33N5O6. The fourth-order valence-electron chi connectivity index (χ4n) is 5.47. The quantitative estimate of drug-likeness (QED) is 0.398. The zero-order valence-electron chi connectivity index (χ0n) is 21.4. The number of hydrogen-bond donors (Lipinski definition) is 2. The number of ether oxygens (including phenoxy) is 1. The van der Waals surface area contributed by atoms with Gasteiger partial charge in [-0.1, -0.05) is 43.2 Å². The van der Waals surface area contributed by atoms with Gasteiger partial charge in [-0.05, 0) is 30.5 Å². The van der Waals surface area contributed by atoms with Crippen LogP contribution in [0.2, 0.25) is 0 Å². The van der Waals surface area contributed by atoms with E-state index in [2.05, 4.69) is 10.2 Å². The van der Waals surface area contributed by atoms with Crippen LogP contribution in [-0.2, 0) is 9.59 Å². The smallest absolute Gasteiger partial charge is 0.311 e. The minimum Gasteiger partial charge on any atom is -0.490 e. The van der Waals surface area contributed by atoms with Crippen LogP contribution in [0.15, 0.2) is 48.5 Å². The van der Waals surface area contributed by atoms with Gasteiger partial charge in [0.25, 0.3) is 5.91 Å². The first-order valence-corrected chi connectivity index (χ1v) is 12.8. The van der Waals surface area contributed by atoms with Crippen molar-refractivity contribution >= 4 is 23.4 Å². The highest BCUT2D eigenvalue weighted by molar-refractivity contribution is 5.95. The second kappa shape index (κ2) is 12.0. The molecule has 2 aliphatic rings. The molecule has 1 heterocycles. The molecule has 1 saturated carbocycles. The summed E-state index contributed by atoms with van der Waals surface area (Å²) < 4.78 is 5.03. The van der Waals surface area contributed by atoms with Gasteiger partial charge in [0.05, 0.1) is 18.0 Å². The fourth-order valence-corrected chi connectivity index (χ4v) is 5.47. The Morgan fingerprint density at radius 3 is 2.37 bits per heavy atom. The van der Waals surface area contributed by atoms with E-state index in [-0.39, 0.29) is 40.8 Å².